The van der Waals surface area contributed by atoms with Crippen molar-refractivity contribution in [1.82, 2.24) is 5.32 Å². The highest BCUT2D eigenvalue weighted by atomic mass is 79.9. The van der Waals surface area contributed by atoms with Crippen molar-refractivity contribution < 1.29 is 0 Å². The van der Waals surface area contributed by atoms with Crippen molar-refractivity contribution in [3.63, 3.8) is 0 Å². The van der Waals surface area contributed by atoms with Crippen LogP contribution in [0.4, 0.5) is 0 Å². The molecule has 3 aromatic rings. The molecule has 0 saturated carbocycles. The summed E-state index contributed by atoms with van der Waals surface area (Å²) in [6, 6.07) is 21.6. The Kier molecular flexibility index (Phi) is 4.35. The van der Waals surface area contributed by atoms with Crippen LogP contribution in [0.1, 0.15) is 16.7 Å². The molecule has 3 heteroatoms. The standard InChI is InChI=1S/C21H19BrN2/c22-18-13-16-6-2-3-7-19(16)17(14-18)10-9-15-5-1-4-8-20(15)21-23-11-12-24-21/h1-8,13-14H,9-12H2,(H,23,24). The molecule has 4 rings (SSSR count). The highest BCUT2D eigenvalue weighted by Gasteiger charge is 2.12. The maximum atomic E-state index is 4.58. The summed E-state index contributed by atoms with van der Waals surface area (Å²) in [7, 11) is 0. The summed E-state index contributed by atoms with van der Waals surface area (Å²) in [5, 5.41) is 6.02. The Hall–Kier alpha value is -2.13. The average Bonchev–Trinajstić information content (AvgIpc) is 3.14. The van der Waals surface area contributed by atoms with Crippen LogP contribution in [0.2, 0.25) is 0 Å². The van der Waals surface area contributed by atoms with Crippen LogP contribution < -0.4 is 5.32 Å². The highest BCUT2D eigenvalue weighted by molar-refractivity contribution is 9.10. The van der Waals surface area contributed by atoms with Crippen molar-refractivity contribution in [3.05, 3.63) is 81.8 Å². The van der Waals surface area contributed by atoms with Crippen molar-refractivity contribution in [3.8, 4) is 0 Å². The van der Waals surface area contributed by atoms with Gasteiger partial charge in [-0.3, -0.25) is 4.99 Å². The predicted molar refractivity (Wildman–Crippen MR) is 105 cm³/mol. The number of amidine groups is 1. The van der Waals surface area contributed by atoms with Gasteiger partial charge in [-0.2, -0.15) is 0 Å². The molecule has 24 heavy (non-hydrogen) atoms. The van der Waals surface area contributed by atoms with Crippen molar-refractivity contribution in [2.75, 3.05) is 13.1 Å². The number of halogens is 1. The zero-order chi connectivity index (χ0) is 16.4. The third kappa shape index (κ3) is 3.09. The molecule has 1 heterocycles. The molecule has 0 unspecified atom stereocenters. The quantitative estimate of drug-likeness (QED) is 0.696. The molecular weight excluding hydrogens is 360 g/mol. The van der Waals surface area contributed by atoms with E-state index in [1.54, 1.807) is 0 Å². The average molecular weight is 379 g/mol. The lowest BCUT2D eigenvalue weighted by Gasteiger charge is -2.12. The number of benzene rings is 3. The highest BCUT2D eigenvalue weighted by Crippen LogP contribution is 2.26. The van der Waals surface area contributed by atoms with E-state index in [2.05, 4.69) is 86.9 Å². The molecule has 120 valence electrons. The molecule has 0 aliphatic carbocycles. The van der Waals surface area contributed by atoms with E-state index >= 15 is 0 Å². The third-order valence-corrected chi connectivity index (χ3v) is 4.98. The van der Waals surface area contributed by atoms with E-state index in [0.717, 1.165) is 36.2 Å². The zero-order valence-corrected chi connectivity index (χ0v) is 15.0. The van der Waals surface area contributed by atoms with Gasteiger partial charge in [-0.25, -0.2) is 0 Å². The van der Waals surface area contributed by atoms with Crippen LogP contribution in [0.15, 0.2) is 70.1 Å². The molecule has 0 aromatic heterocycles. The fourth-order valence-corrected chi connectivity index (χ4v) is 3.90. The molecule has 0 spiro atoms. The minimum atomic E-state index is 0.875. The van der Waals surface area contributed by atoms with Gasteiger partial charge < -0.3 is 5.32 Å². The molecule has 0 radical (unpaired) electrons. The van der Waals surface area contributed by atoms with Crippen LogP contribution in [-0.2, 0) is 12.8 Å². The molecule has 3 aromatic carbocycles. The van der Waals surface area contributed by atoms with Gasteiger partial charge in [-0.05, 0) is 46.9 Å². The Morgan fingerprint density at radius 3 is 2.58 bits per heavy atom. The third-order valence-electron chi connectivity index (χ3n) is 4.52. The van der Waals surface area contributed by atoms with Crippen molar-refractivity contribution >= 4 is 32.5 Å². The Balaban J connectivity index is 1.65. The monoisotopic (exact) mass is 378 g/mol. The number of nitrogens with one attached hydrogen (secondary N) is 1. The second-order valence-corrected chi connectivity index (χ2v) is 7.02. The van der Waals surface area contributed by atoms with E-state index < -0.39 is 0 Å². The van der Waals surface area contributed by atoms with Crippen LogP contribution in [0.25, 0.3) is 10.8 Å². The molecule has 0 fully saturated rings. The van der Waals surface area contributed by atoms with E-state index in [0.29, 0.717) is 0 Å². The smallest absolute Gasteiger partial charge is 0.128 e. The Morgan fingerprint density at radius 1 is 0.917 bits per heavy atom. The van der Waals surface area contributed by atoms with Gasteiger partial charge in [0.15, 0.2) is 0 Å². The molecular formula is C21H19BrN2. The van der Waals surface area contributed by atoms with E-state index in [4.69, 9.17) is 0 Å². The summed E-state index contributed by atoms with van der Waals surface area (Å²) in [6.45, 7) is 1.82. The van der Waals surface area contributed by atoms with Gasteiger partial charge in [0.1, 0.15) is 5.84 Å². The summed E-state index contributed by atoms with van der Waals surface area (Å²) in [5.41, 5.74) is 3.99. The maximum absolute atomic E-state index is 4.58. The summed E-state index contributed by atoms with van der Waals surface area (Å²) < 4.78 is 1.14. The van der Waals surface area contributed by atoms with Gasteiger partial charge in [0.05, 0.1) is 6.54 Å². The lowest BCUT2D eigenvalue weighted by Crippen LogP contribution is -2.21. The van der Waals surface area contributed by atoms with E-state index in [9.17, 15) is 0 Å². The molecule has 1 N–H and O–H groups in total. The summed E-state index contributed by atoms with van der Waals surface area (Å²) in [5.74, 6) is 1.05. The molecule has 0 atom stereocenters. The van der Waals surface area contributed by atoms with Crippen molar-refractivity contribution in [2.45, 2.75) is 12.8 Å². The number of aliphatic imine (C=N–C) groups is 1. The Morgan fingerprint density at radius 2 is 1.71 bits per heavy atom. The van der Waals surface area contributed by atoms with Gasteiger partial charge in [0, 0.05) is 16.6 Å². The second-order valence-electron chi connectivity index (χ2n) is 6.10. The zero-order valence-electron chi connectivity index (χ0n) is 13.4. The van der Waals surface area contributed by atoms with Crippen LogP contribution >= 0.6 is 15.9 Å². The topological polar surface area (TPSA) is 24.4 Å². The number of aryl methyl sites for hydroxylation is 2. The van der Waals surface area contributed by atoms with Gasteiger partial charge in [-0.15, -0.1) is 0 Å². The molecule has 0 amide bonds. The van der Waals surface area contributed by atoms with Crippen LogP contribution in [0.5, 0.6) is 0 Å². The summed E-state index contributed by atoms with van der Waals surface area (Å²) in [4.78, 5) is 4.58. The van der Waals surface area contributed by atoms with E-state index in [1.807, 2.05) is 0 Å². The Bertz CT molecular complexity index is 915. The lowest BCUT2D eigenvalue weighted by molar-refractivity contribution is 0.949. The summed E-state index contributed by atoms with van der Waals surface area (Å²) in [6.07, 6.45) is 2.03. The summed E-state index contributed by atoms with van der Waals surface area (Å²) >= 11 is 3.65. The molecule has 0 bridgehead atoms. The molecule has 1 aliphatic heterocycles. The first-order valence-corrected chi connectivity index (χ1v) is 9.14. The molecule has 1 aliphatic rings. The first kappa shape index (κ1) is 15.4. The molecule has 0 saturated heterocycles. The number of nitrogens with zero attached hydrogens (tertiary/aromatic N) is 1. The fourth-order valence-electron chi connectivity index (χ4n) is 3.37. The first-order chi connectivity index (χ1) is 11.8. The van der Waals surface area contributed by atoms with E-state index in [-0.39, 0.29) is 0 Å². The SMILES string of the molecule is Brc1cc(CCc2ccccc2C2=NCCN2)c2ccccc2c1. The number of rotatable bonds is 4. The van der Waals surface area contributed by atoms with Crippen molar-refractivity contribution in [1.29, 1.82) is 0 Å². The van der Waals surface area contributed by atoms with E-state index in [1.165, 1.54) is 27.5 Å². The van der Waals surface area contributed by atoms with Crippen LogP contribution in [0.3, 0.4) is 0 Å². The first-order valence-electron chi connectivity index (χ1n) is 8.35. The minimum Gasteiger partial charge on any atom is -0.368 e. The van der Waals surface area contributed by atoms with Crippen LogP contribution in [0, 0.1) is 0 Å². The van der Waals surface area contributed by atoms with Gasteiger partial charge >= 0.3 is 0 Å². The molecule has 2 nitrogen and oxygen atoms in total. The second kappa shape index (κ2) is 6.78. The minimum absolute atomic E-state index is 0.875. The predicted octanol–water partition coefficient (Wildman–Crippen LogP) is 4.74. The van der Waals surface area contributed by atoms with Gasteiger partial charge in [-0.1, -0.05) is 64.5 Å². The van der Waals surface area contributed by atoms with Crippen molar-refractivity contribution in [2.24, 2.45) is 4.99 Å². The van der Waals surface area contributed by atoms with Gasteiger partial charge in [0.2, 0.25) is 0 Å². The van der Waals surface area contributed by atoms with Gasteiger partial charge in [0.25, 0.3) is 0 Å². The maximum Gasteiger partial charge on any atom is 0.128 e. The lowest BCUT2D eigenvalue weighted by atomic mass is 9.96. The Labute approximate surface area is 150 Å². The number of hydrogen-bond donors (Lipinski definition) is 1. The largest absolute Gasteiger partial charge is 0.368 e. The fraction of sp³-hybridized carbons (Fsp3) is 0.190. The normalized spacial score (nSPS) is 13.8. The number of hydrogen-bond acceptors (Lipinski definition) is 2. The number of fused-ring (bicyclic) bond motifs is 1. The van der Waals surface area contributed by atoms with Crippen LogP contribution in [-0.4, -0.2) is 18.9 Å².